The Hall–Kier alpha value is -3.87. The molecule has 0 bridgehead atoms. The molecule has 2 heterocycles. The van der Waals surface area contributed by atoms with Gasteiger partial charge < -0.3 is 19.8 Å². The molecule has 0 aliphatic rings. The number of nitrogens with one attached hydrogen (secondary N) is 2. The zero-order chi connectivity index (χ0) is 20.5. The molecule has 0 fully saturated rings. The number of carbonyl (C=O) groups is 2. The van der Waals surface area contributed by atoms with Gasteiger partial charge in [0, 0.05) is 28.9 Å². The Morgan fingerprint density at radius 2 is 1.79 bits per heavy atom. The molecule has 0 saturated carbocycles. The Morgan fingerprint density at radius 1 is 1.10 bits per heavy atom. The zero-order valence-electron chi connectivity index (χ0n) is 15.6. The monoisotopic (exact) mass is 390 g/mol. The van der Waals surface area contributed by atoms with Crippen LogP contribution >= 0.6 is 0 Å². The highest BCUT2D eigenvalue weighted by Gasteiger charge is 2.26. The van der Waals surface area contributed by atoms with E-state index < -0.39 is 23.5 Å². The highest BCUT2D eigenvalue weighted by Crippen LogP contribution is 2.21. The van der Waals surface area contributed by atoms with Gasteiger partial charge in [0.1, 0.15) is 17.2 Å². The molecule has 1 unspecified atom stereocenters. The standard InChI is InChI=1S/C22H18N2O5/c1-12-14-6-3-5-9-18(14)29-22(28)19(12)20(25)24-17(21(26)27)10-13-11-23-16-8-4-2-7-15(13)16/h2-9,11,17,23H,10H2,1H3,(H,24,25)(H,26,27). The second-order valence-electron chi connectivity index (χ2n) is 6.81. The molecule has 1 amide bonds. The number of amides is 1. The minimum absolute atomic E-state index is 0.0725. The van der Waals surface area contributed by atoms with E-state index >= 15 is 0 Å². The number of aromatic nitrogens is 1. The van der Waals surface area contributed by atoms with Gasteiger partial charge >= 0.3 is 11.6 Å². The van der Waals surface area contributed by atoms with Gasteiger partial charge in [0.05, 0.1) is 0 Å². The molecule has 146 valence electrons. The number of carboxylic acids is 1. The van der Waals surface area contributed by atoms with Crippen LogP contribution in [-0.4, -0.2) is 28.0 Å². The molecule has 0 saturated heterocycles. The lowest BCUT2D eigenvalue weighted by Gasteiger charge is -2.15. The molecule has 0 radical (unpaired) electrons. The maximum absolute atomic E-state index is 12.8. The molecule has 29 heavy (non-hydrogen) atoms. The number of H-pyrrole nitrogens is 1. The van der Waals surface area contributed by atoms with Gasteiger partial charge in [-0.15, -0.1) is 0 Å². The van der Waals surface area contributed by atoms with Gasteiger partial charge in [-0.3, -0.25) is 4.79 Å². The predicted octanol–water partition coefficient (Wildman–Crippen LogP) is 3.01. The van der Waals surface area contributed by atoms with Gasteiger partial charge in [0.15, 0.2) is 0 Å². The van der Waals surface area contributed by atoms with Crippen LogP contribution in [0.1, 0.15) is 21.5 Å². The number of hydrogen-bond acceptors (Lipinski definition) is 4. The number of benzene rings is 2. The van der Waals surface area contributed by atoms with Crippen LogP contribution in [0.3, 0.4) is 0 Å². The van der Waals surface area contributed by atoms with E-state index in [1.54, 1.807) is 37.4 Å². The number of aromatic amines is 1. The topological polar surface area (TPSA) is 112 Å². The highest BCUT2D eigenvalue weighted by molar-refractivity contribution is 6.01. The average molecular weight is 390 g/mol. The quantitative estimate of drug-likeness (QED) is 0.454. The number of carboxylic acid groups (broad SMARTS) is 1. The van der Waals surface area contributed by atoms with E-state index in [2.05, 4.69) is 10.3 Å². The second kappa shape index (κ2) is 7.27. The van der Waals surface area contributed by atoms with Gasteiger partial charge in [-0.05, 0) is 30.2 Å². The van der Waals surface area contributed by atoms with Gasteiger partial charge in [0.2, 0.25) is 0 Å². The van der Waals surface area contributed by atoms with Crippen molar-refractivity contribution in [2.45, 2.75) is 19.4 Å². The van der Waals surface area contributed by atoms with Crippen LogP contribution in [0.4, 0.5) is 0 Å². The third-order valence-corrected chi connectivity index (χ3v) is 5.00. The van der Waals surface area contributed by atoms with Crippen LogP contribution in [0.25, 0.3) is 21.9 Å². The fourth-order valence-electron chi connectivity index (χ4n) is 3.52. The van der Waals surface area contributed by atoms with Crippen molar-refractivity contribution in [2.75, 3.05) is 0 Å². The van der Waals surface area contributed by atoms with Crippen molar-refractivity contribution in [3.05, 3.63) is 81.8 Å². The number of fused-ring (bicyclic) bond motifs is 2. The van der Waals surface area contributed by atoms with Crippen molar-refractivity contribution < 1.29 is 19.1 Å². The smallest absolute Gasteiger partial charge is 0.349 e. The lowest BCUT2D eigenvalue weighted by atomic mass is 10.0. The molecular formula is C22H18N2O5. The molecule has 4 aromatic rings. The van der Waals surface area contributed by atoms with Gasteiger partial charge in [0.25, 0.3) is 5.91 Å². The molecule has 7 heteroatoms. The number of para-hydroxylation sites is 2. The largest absolute Gasteiger partial charge is 0.480 e. The maximum atomic E-state index is 12.8. The first-order valence-corrected chi connectivity index (χ1v) is 9.07. The number of carbonyl (C=O) groups excluding carboxylic acids is 1. The van der Waals surface area contributed by atoms with Crippen molar-refractivity contribution in [2.24, 2.45) is 0 Å². The van der Waals surface area contributed by atoms with Crippen LogP contribution < -0.4 is 10.9 Å². The Balaban J connectivity index is 1.66. The van der Waals surface area contributed by atoms with Crippen molar-refractivity contribution in [3.63, 3.8) is 0 Å². The fourth-order valence-corrected chi connectivity index (χ4v) is 3.52. The van der Waals surface area contributed by atoms with Crippen molar-refractivity contribution in [3.8, 4) is 0 Å². The molecule has 7 nitrogen and oxygen atoms in total. The summed E-state index contributed by atoms with van der Waals surface area (Å²) >= 11 is 0. The van der Waals surface area contributed by atoms with Gasteiger partial charge in [-0.1, -0.05) is 36.4 Å². The Labute approximate surface area is 165 Å². The van der Waals surface area contributed by atoms with Crippen LogP contribution in [-0.2, 0) is 11.2 Å². The normalized spacial score (nSPS) is 12.2. The lowest BCUT2D eigenvalue weighted by molar-refractivity contribution is -0.139. The minimum atomic E-state index is -1.20. The van der Waals surface area contributed by atoms with Crippen molar-refractivity contribution in [1.29, 1.82) is 0 Å². The molecule has 0 aliphatic carbocycles. The number of hydrogen-bond donors (Lipinski definition) is 3. The van der Waals surface area contributed by atoms with Gasteiger partial charge in [-0.25, -0.2) is 9.59 Å². The van der Waals surface area contributed by atoms with Crippen LogP contribution in [0.2, 0.25) is 0 Å². The van der Waals surface area contributed by atoms with E-state index in [0.717, 1.165) is 16.5 Å². The van der Waals surface area contributed by atoms with Crippen LogP contribution in [0.5, 0.6) is 0 Å². The average Bonchev–Trinajstić information content (AvgIpc) is 3.10. The van der Waals surface area contributed by atoms with Crippen molar-refractivity contribution in [1.82, 2.24) is 10.3 Å². The maximum Gasteiger partial charge on any atom is 0.349 e. The highest BCUT2D eigenvalue weighted by atomic mass is 16.4. The minimum Gasteiger partial charge on any atom is -0.480 e. The third kappa shape index (κ3) is 3.38. The Kier molecular flexibility index (Phi) is 4.64. The van der Waals surface area contributed by atoms with Gasteiger partial charge in [-0.2, -0.15) is 0 Å². The first-order chi connectivity index (χ1) is 14.0. The van der Waals surface area contributed by atoms with Crippen LogP contribution in [0.15, 0.2) is 63.9 Å². The summed E-state index contributed by atoms with van der Waals surface area (Å²) < 4.78 is 5.23. The molecule has 0 aliphatic heterocycles. The van der Waals surface area contributed by atoms with Crippen LogP contribution in [0, 0.1) is 6.92 Å². The molecule has 2 aromatic heterocycles. The van der Waals surface area contributed by atoms with E-state index in [0.29, 0.717) is 16.5 Å². The molecule has 4 rings (SSSR count). The van der Waals surface area contributed by atoms with E-state index in [-0.39, 0.29) is 12.0 Å². The summed E-state index contributed by atoms with van der Waals surface area (Å²) in [6.07, 6.45) is 1.80. The first-order valence-electron chi connectivity index (χ1n) is 9.07. The first kappa shape index (κ1) is 18.5. The molecular weight excluding hydrogens is 372 g/mol. The summed E-state index contributed by atoms with van der Waals surface area (Å²) in [6, 6.07) is 13.2. The molecule has 1 atom stereocenters. The SMILES string of the molecule is Cc1c(C(=O)NC(Cc2c[nH]c3ccccc23)C(=O)O)c(=O)oc2ccccc12. The zero-order valence-corrected chi connectivity index (χ0v) is 15.6. The number of rotatable bonds is 5. The lowest BCUT2D eigenvalue weighted by Crippen LogP contribution is -2.44. The summed E-state index contributed by atoms with van der Waals surface area (Å²) in [4.78, 5) is 40.0. The molecule has 0 spiro atoms. The third-order valence-electron chi connectivity index (χ3n) is 5.00. The van der Waals surface area contributed by atoms with E-state index in [9.17, 15) is 19.5 Å². The summed E-state index contributed by atoms with van der Waals surface area (Å²) in [6.45, 7) is 1.64. The Bertz CT molecular complexity index is 1300. The Morgan fingerprint density at radius 3 is 2.55 bits per heavy atom. The second-order valence-corrected chi connectivity index (χ2v) is 6.81. The van der Waals surface area contributed by atoms with E-state index in [4.69, 9.17) is 4.42 Å². The summed E-state index contributed by atoms with van der Waals surface area (Å²) in [5.41, 5.74) is 1.48. The summed E-state index contributed by atoms with van der Waals surface area (Å²) in [7, 11) is 0. The number of aryl methyl sites for hydroxylation is 1. The summed E-state index contributed by atoms with van der Waals surface area (Å²) in [5.74, 6) is -1.96. The van der Waals surface area contributed by atoms with E-state index in [1.807, 2.05) is 24.3 Å². The molecule has 3 N–H and O–H groups in total. The molecule has 2 aromatic carbocycles. The van der Waals surface area contributed by atoms with Crippen molar-refractivity contribution >= 4 is 33.7 Å². The van der Waals surface area contributed by atoms with E-state index in [1.165, 1.54) is 0 Å². The predicted molar refractivity (Wildman–Crippen MR) is 108 cm³/mol. The number of aliphatic carboxylic acids is 1. The fraction of sp³-hybridized carbons (Fsp3) is 0.136. The summed E-state index contributed by atoms with van der Waals surface area (Å²) in [5, 5.41) is 13.6.